The van der Waals surface area contributed by atoms with E-state index in [2.05, 4.69) is 57.4 Å². The van der Waals surface area contributed by atoms with Crippen molar-refractivity contribution < 1.29 is 9.47 Å². The van der Waals surface area contributed by atoms with Crippen molar-refractivity contribution in [3.8, 4) is 11.5 Å². The lowest BCUT2D eigenvalue weighted by Gasteiger charge is -2.27. The van der Waals surface area contributed by atoms with Crippen LogP contribution in [-0.4, -0.2) is 40.7 Å². The van der Waals surface area contributed by atoms with Gasteiger partial charge in [0.1, 0.15) is 11.5 Å². The summed E-state index contributed by atoms with van der Waals surface area (Å²) in [5.74, 6) is 1.43. The Hall–Kier alpha value is -3.58. The molecule has 0 amide bonds. The molecule has 0 aliphatic rings. The zero-order valence-corrected chi connectivity index (χ0v) is 19.9. The predicted octanol–water partition coefficient (Wildman–Crippen LogP) is 5.33. The fourth-order valence-corrected chi connectivity index (χ4v) is 4.24. The van der Waals surface area contributed by atoms with Gasteiger partial charge in [-0.3, -0.25) is 4.98 Å². The first-order valence-corrected chi connectivity index (χ1v) is 11.2. The summed E-state index contributed by atoms with van der Waals surface area (Å²) in [5.41, 5.74) is 5.51. The Balaban J connectivity index is 1.58. The number of hydrogen-bond donors (Lipinski definition) is 2. The zero-order valence-electron chi connectivity index (χ0n) is 19.1. The van der Waals surface area contributed by atoms with E-state index in [1.165, 1.54) is 16.6 Å². The molecule has 0 spiro atoms. The van der Waals surface area contributed by atoms with Gasteiger partial charge in [0.25, 0.3) is 0 Å². The van der Waals surface area contributed by atoms with Crippen LogP contribution in [0.2, 0.25) is 0 Å². The number of hydrogen-bond acceptors (Lipinski definition) is 4. The van der Waals surface area contributed by atoms with Gasteiger partial charge in [0, 0.05) is 48.1 Å². The summed E-state index contributed by atoms with van der Waals surface area (Å²) in [4.78, 5) is 9.91. The molecule has 0 saturated heterocycles. The molecule has 33 heavy (non-hydrogen) atoms. The molecule has 170 valence electrons. The van der Waals surface area contributed by atoms with Crippen molar-refractivity contribution in [1.29, 1.82) is 0 Å². The molecule has 2 heterocycles. The molecule has 0 unspecified atom stereocenters. The molecule has 0 saturated carbocycles. The molecular formula is C26H28N4O2S. The Morgan fingerprint density at radius 1 is 1.09 bits per heavy atom. The van der Waals surface area contributed by atoms with E-state index in [-0.39, 0.29) is 0 Å². The van der Waals surface area contributed by atoms with Crippen LogP contribution >= 0.6 is 12.2 Å². The van der Waals surface area contributed by atoms with Crippen LogP contribution in [-0.2, 0) is 13.0 Å². The summed E-state index contributed by atoms with van der Waals surface area (Å²) in [6, 6.07) is 18.0. The number of nitrogens with one attached hydrogen (secondary N) is 2. The number of aromatic amines is 1. The van der Waals surface area contributed by atoms with Crippen LogP contribution in [0.1, 0.15) is 16.8 Å². The van der Waals surface area contributed by atoms with Crippen molar-refractivity contribution in [2.24, 2.45) is 0 Å². The average Bonchev–Trinajstić information content (AvgIpc) is 3.17. The summed E-state index contributed by atoms with van der Waals surface area (Å²) in [6.07, 6.45) is 4.51. The van der Waals surface area contributed by atoms with Crippen molar-refractivity contribution >= 4 is 33.9 Å². The van der Waals surface area contributed by atoms with Gasteiger partial charge in [-0.25, -0.2) is 0 Å². The van der Waals surface area contributed by atoms with Gasteiger partial charge in [-0.1, -0.05) is 24.3 Å². The minimum atomic E-state index is 0.614. The first-order chi connectivity index (χ1) is 16.1. The number of rotatable bonds is 8. The quantitative estimate of drug-likeness (QED) is 0.347. The second-order valence-electron chi connectivity index (χ2n) is 7.80. The number of pyridine rings is 1. The van der Waals surface area contributed by atoms with E-state index in [1.54, 1.807) is 20.4 Å². The number of benzene rings is 2. The van der Waals surface area contributed by atoms with E-state index in [0.717, 1.165) is 35.5 Å². The maximum absolute atomic E-state index is 5.86. The number of ether oxygens (including phenoxy) is 2. The van der Waals surface area contributed by atoms with Gasteiger partial charge in [0.05, 0.1) is 19.9 Å². The van der Waals surface area contributed by atoms with Gasteiger partial charge in [-0.05, 0) is 61.0 Å². The third-order valence-electron chi connectivity index (χ3n) is 5.69. The Morgan fingerprint density at radius 3 is 2.70 bits per heavy atom. The Labute approximate surface area is 199 Å². The maximum atomic E-state index is 5.86. The van der Waals surface area contributed by atoms with Gasteiger partial charge >= 0.3 is 0 Å². The first kappa shape index (κ1) is 22.6. The van der Waals surface area contributed by atoms with Gasteiger partial charge in [0.15, 0.2) is 5.11 Å². The fraction of sp³-hybridized carbons (Fsp3) is 0.231. The van der Waals surface area contributed by atoms with Crippen LogP contribution in [0.5, 0.6) is 11.5 Å². The van der Waals surface area contributed by atoms with Crippen LogP contribution < -0.4 is 14.8 Å². The summed E-state index contributed by atoms with van der Waals surface area (Å²) >= 11 is 5.86. The smallest absolute Gasteiger partial charge is 0.173 e. The highest BCUT2D eigenvalue weighted by Gasteiger charge is 2.16. The number of thiocarbonyl (C=S) groups is 1. The van der Waals surface area contributed by atoms with Gasteiger partial charge in [-0.15, -0.1) is 0 Å². The van der Waals surface area contributed by atoms with Crippen molar-refractivity contribution in [2.45, 2.75) is 19.9 Å². The Kier molecular flexibility index (Phi) is 7.10. The van der Waals surface area contributed by atoms with Crippen molar-refractivity contribution in [3.05, 3.63) is 83.8 Å². The van der Waals surface area contributed by atoms with Crippen LogP contribution in [0.15, 0.2) is 67.0 Å². The SMILES string of the molecule is COc1ccc(OC)c(NC(=S)N(CCc2c(C)[nH]c3ccccc23)Cc2cccnc2)c1. The van der Waals surface area contributed by atoms with Gasteiger partial charge in [0.2, 0.25) is 0 Å². The molecule has 0 aliphatic heterocycles. The molecule has 2 N–H and O–H groups in total. The van der Waals surface area contributed by atoms with E-state index in [9.17, 15) is 0 Å². The summed E-state index contributed by atoms with van der Waals surface area (Å²) in [7, 11) is 3.28. The number of fused-ring (bicyclic) bond motifs is 1. The molecule has 7 heteroatoms. The fourth-order valence-electron chi connectivity index (χ4n) is 3.97. The lowest BCUT2D eigenvalue weighted by Crippen LogP contribution is -2.36. The maximum Gasteiger partial charge on any atom is 0.173 e. The number of para-hydroxylation sites is 1. The second kappa shape index (κ2) is 10.4. The van der Waals surface area contributed by atoms with Crippen molar-refractivity contribution in [2.75, 3.05) is 26.1 Å². The topological polar surface area (TPSA) is 62.4 Å². The molecule has 0 atom stereocenters. The molecule has 6 nitrogen and oxygen atoms in total. The monoisotopic (exact) mass is 460 g/mol. The molecule has 4 rings (SSSR count). The summed E-state index contributed by atoms with van der Waals surface area (Å²) in [5, 5.41) is 5.23. The van der Waals surface area contributed by atoms with Crippen LogP contribution in [0.3, 0.4) is 0 Å². The minimum Gasteiger partial charge on any atom is -0.497 e. The van der Waals surface area contributed by atoms with E-state index in [4.69, 9.17) is 21.7 Å². The van der Waals surface area contributed by atoms with E-state index in [0.29, 0.717) is 17.4 Å². The van der Waals surface area contributed by atoms with E-state index >= 15 is 0 Å². The van der Waals surface area contributed by atoms with Crippen LogP contribution in [0.4, 0.5) is 5.69 Å². The number of anilines is 1. The average molecular weight is 461 g/mol. The summed E-state index contributed by atoms with van der Waals surface area (Å²) < 4.78 is 10.9. The largest absolute Gasteiger partial charge is 0.497 e. The molecule has 0 bridgehead atoms. The minimum absolute atomic E-state index is 0.614. The van der Waals surface area contributed by atoms with Crippen molar-refractivity contribution in [3.63, 3.8) is 0 Å². The Bertz CT molecular complexity index is 1240. The highest BCUT2D eigenvalue weighted by molar-refractivity contribution is 7.80. The van der Waals surface area contributed by atoms with Gasteiger partial charge < -0.3 is 24.7 Å². The number of H-pyrrole nitrogens is 1. The lowest BCUT2D eigenvalue weighted by molar-refractivity contribution is 0.403. The second-order valence-corrected chi connectivity index (χ2v) is 8.19. The Morgan fingerprint density at radius 2 is 1.94 bits per heavy atom. The van der Waals surface area contributed by atoms with Crippen LogP contribution in [0.25, 0.3) is 10.9 Å². The van der Waals surface area contributed by atoms with E-state index in [1.807, 2.05) is 30.5 Å². The normalized spacial score (nSPS) is 10.8. The number of aryl methyl sites for hydroxylation is 1. The highest BCUT2D eigenvalue weighted by atomic mass is 32.1. The van der Waals surface area contributed by atoms with Gasteiger partial charge in [-0.2, -0.15) is 0 Å². The number of nitrogens with zero attached hydrogens (tertiary/aromatic N) is 2. The summed E-state index contributed by atoms with van der Waals surface area (Å²) in [6.45, 7) is 3.52. The molecule has 0 radical (unpaired) electrons. The molecule has 2 aromatic heterocycles. The predicted molar refractivity (Wildman–Crippen MR) is 137 cm³/mol. The molecule has 2 aromatic carbocycles. The third-order valence-corrected chi connectivity index (χ3v) is 6.05. The first-order valence-electron chi connectivity index (χ1n) is 10.8. The van der Waals surface area contributed by atoms with Crippen LogP contribution in [0, 0.1) is 6.92 Å². The molecule has 0 fully saturated rings. The lowest BCUT2D eigenvalue weighted by atomic mass is 10.1. The van der Waals surface area contributed by atoms with Crippen molar-refractivity contribution in [1.82, 2.24) is 14.9 Å². The molecular weight excluding hydrogens is 432 g/mol. The van der Waals surface area contributed by atoms with E-state index < -0.39 is 0 Å². The third kappa shape index (κ3) is 5.26. The highest BCUT2D eigenvalue weighted by Crippen LogP contribution is 2.29. The number of methoxy groups -OCH3 is 2. The number of aromatic nitrogens is 2. The molecule has 4 aromatic rings. The molecule has 0 aliphatic carbocycles. The zero-order chi connectivity index (χ0) is 23.2. The standard InChI is InChI=1S/C26H28N4O2S/c1-18-21(22-8-4-5-9-23(22)28-18)12-14-30(17-19-7-6-13-27-16-19)26(33)29-24-15-20(31-2)10-11-25(24)32-3/h4-11,13,15-16,28H,12,14,17H2,1-3H3,(H,29,33).